The zero-order chi connectivity index (χ0) is 13.6. The number of sulfone groups is 1. The average Bonchev–Trinajstić information content (AvgIpc) is 2.29. The molecule has 108 valence electrons. The maximum atomic E-state index is 11.4. The van der Waals surface area contributed by atoms with E-state index in [1.807, 2.05) is 0 Å². The fourth-order valence-electron chi connectivity index (χ4n) is 1.35. The van der Waals surface area contributed by atoms with Crippen LogP contribution >= 0.6 is 24.0 Å². The standard InChI is InChI=1S/C11H15ClN2O3S.ClH/c12-4-6-18(16,17)7-5-14-10-3-1-2-9(8-10)11(13)15;/h1-3,8,14H,4-7H2,(H2,13,15);1H. The van der Waals surface area contributed by atoms with Crippen LogP contribution in [0.3, 0.4) is 0 Å². The molecule has 0 saturated carbocycles. The summed E-state index contributed by atoms with van der Waals surface area (Å²) in [6.45, 7) is 0.265. The lowest BCUT2D eigenvalue weighted by atomic mass is 10.2. The minimum atomic E-state index is -3.11. The first-order valence-electron chi connectivity index (χ1n) is 5.35. The number of carbonyl (C=O) groups is 1. The SMILES string of the molecule is Cl.NC(=O)c1cccc(NCCS(=O)(=O)CCCl)c1. The largest absolute Gasteiger partial charge is 0.384 e. The molecule has 1 rings (SSSR count). The molecule has 0 aliphatic rings. The first kappa shape index (κ1) is 18.0. The Bertz CT molecular complexity index is 520. The molecule has 8 heteroatoms. The van der Waals surface area contributed by atoms with Gasteiger partial charge in [-0.05, 0) is 18.2 Å². The highest BCUT2D eigenvalue weighted by molar-refractivity contribution is 7.91. The number of alkyl halides is 1. The Hall–Kier alpha value is -0.980. The predicted molar refractivity (Wildman–Crippen MR) is 80.1 cm³/mol. The lowest BCUT2D eigenvalue weighted by molar-refractivity contribution is 0.100. The molecule has 0 aliphatic heterocycles. The fraction of sp³-hybridized carbons (Fsp3) is 0.364. The van der Waals surface area contributed by atoms with E-state index in [1.165, 1.54) is 0 Å². The summed E-state index contributed by atoms with van der Waals surface area (Å²) in [6, 6.07) is 6.59. The molecule has 0 atom stereocenters. The van der Waals surface area contributed by atoms with E-state index < -0.39 is 15.7 Å². The van der Waals surface area contributed by atoms with Crippen molar-refractivity contribution < 1.29 is 13.2 Å². The van der Waals surface area contributed by atoms with E-state index in [0.717, 1.165) is 0 Å². The Morgan fingerprint density at radius 1 is 1.32 bits per heavy atom. The van der Waals surface area contributed by atoms with E-state index in [2.05, 4.69) is 5.32 Å². The summed E-state index contributed by atoms with van der Waals surface area (Å²) in [6.07, 6.45) is 0. The molecule has 1 aromatic carbocycles. The van der Waals surface area contributed by atoms with Crippen molar-refractivity contribution in [2.45, 2.75) is 0 Å². The number of amides is 1. The van der Waals surface area contributed by atoms with E-state index >= 15 is 0 Å². The Morgan fingerprint density at radius 2 is 2.00 bits per heavy atom. The van der Waals surface area contributed by atoms with Gasteiger partial charge in [-0.3, -0.25) is 4.79 Å². The molecule has 3 N–H and O–H groups in total. The summed E-state index contributed by atoms with van der Waals surface area (Å²) in [5.74, 6) is -0.453. The molecule has 0 unspecified atom stereocenters. The van der Waals surface area contributed by atoms with Gasteiger partial charge in [-0.15, -0.1) is 24.0 Å². The second kappa shape index (κ2) is 8.24. The first-order valence-corrected chi connectivity index (χ1v) is 7.70. The summed E-state index contributed by atoms with van der Waals surface area (Å²) >= 11 is 5.39. The highest BCUT2D eigenvalue weighted by atomic mass is 35.5. The maximum Gasteiger partial charge on any atom is 0.248 e. The Balaban J connectivity index is 0.00000324. The summed E-state index contributed by atoms with van der Waals surface area (Å²) in [5.41, 5.74) is 6.18. The molecule has 19 heavy (non-hydrogen) atoms. The number of halogens is 2. The molecular weight excluding hydrogens is 311 g/mol. The highest BCUT2D eigenvalue weighted by Crippen LogP contribution is 2.09. The van der Waals surface area contributed by atoms with Crippen LogP contribution in [0.1, 0.15) is 10.4 Å². The zero-order valence-corrected chi connectivity index (χ0v) is 12.5. The minimum Gasteiger partial charge on any atom is -0.384 e. The normalized spacial score (nSPS) is 10.6. The van der Waals surface area contributed by atoms with Crippen LogP contribution in [0.2, 0.25) is 0 Å². The first-order chi connectivity index (χ1) is 8.44. The van der Waals surface area contributed by atoms with Crippen LogP contribution < -0.4 is 11.1 Å². The van der Waals surface area contributed by atoms with Gasteiger partial charge in [-0.1, -0.05) is 6.07 Å². The molecular formula is C11H16Cl2N2O3S. The van der Waals surface area contributed by atoms with Crippen LogP contribution in [0, 0.1) is 0 Å². The van der Waals surface area contributed by atoms with Crippen molar-refractivity contribution in [1.82, 2.24) is 0 Å². The Morgan fingerprint density at radius 3 is 2.58 bits per heavy atom. The van der Waals surface area contributed by atoms with Gasteiger partial charge in [0, 0.05) is 23.7 Å². The van der Waals surface area contributed by atoms with Gasteiger partial charge in [0.05, 0.1) is 11.5 Å². The lowest BCUT2D eigenvalue weighted by Crippen LogP contribution is -2.19. The molecule has 0 spiro atoms. The third-order valence-electron chi connectivity index (χ3n) is 2.28. The summed E-state index contributed by atoms with van der Waals surface area (Å²) in [7, 11) is -3.11. The molecule has 0 bridgehead atoms. The quantitative estimate of drug-likeness (QED) is 0.738. The van der Waals surface area contributed by atoms with Crippen molar-refractivity contribution in [3.63, 3.8) is 0 Å². The van der Waals surface area contributed by atoms with Crippen LogP contribution in [-0.2, 0) is 9.84 Å². The van der Waals surface area contributed by atoms with E-state index in [1.54, 1.807) is 24.3 Å². The third-order valence-corrected chi connectivity index (χ3v) is 4.34. The van der Waals surface area contributed by atoms with Gasteiger partial charge in [0.25, 0.3) is 0 Å². The van der Waals surface area contributed by atoms with E-state index in [-0.39, 0.29) is 36.3 Å². The van der Waals surface area contributed by atoms with Gasteiger partial charge in [0.15, 0.2) is 9.84 Å². The van der Waals surface area contributed by atoms with Crippen molar-refractivity contribution >= 4 is 45.4 Å². The highest BCUT2D eigenvalue weighted by Gasteiger charge is 2.09. The predicted octanol–water partition coefficient (Wildman–Crippen LogP) is 1.27. The minimum absolute atomic E-state index is 0. The fourth-order valence-corrected chi connectivity index (χ4v) is 2.91. The van der Waals surface area contributed by atoms with Crippen molar-refractivity contribution in [2.24, 2.45) is 5.73 Å². The molecule has 5 nitrogen and oxygen atoms in total. The van der Waals surface area contributed by atoms with E-state index in [0.29, 0.717) is 11.3 Å². The molecule has 0 fully saturated rings. The average molecular weight is 327 g/mol. The molecule has 0 radical (unpaired) electrons. The van der Waals surface area contributed by atoms with Crippen molar-refractivity contribution in [3.05, 3.63) is 29.8 Å². The number of benzene rings is 1. The van der Waals surface area contributed by atoms with E-state index in [4.69, 9.17) is 17.3 Å². The molecule has 0 saturated heterocycles. The molecule has 1 amide bonds. The number of carbonyl (C=O) groups excluding carboxylic acids is 1. The summed E-state index contributed by atoms with van der Waals surface area (Å²) < 4.78 is 22.8. The Labute approximate surface area is 123 Å². The van der Waals surface area contributed by atoms with Gasteiger partial charge in [-0.25, -0.2) is 8.42 Å². The number of rotatable bonds is 7. The van der Waals surface area contributed by atoms with E-state index in [9.17, 15) is 13.2 Å². The number of anilines is 1. The maximum absolute atomic E-state index is 11.4. The molecule has 0 heterocycles. The second-order valence-electron chi connectivity index (χ2n) is 3.71. The third kappa shape index (κ3) is 6.66. The number of hydrogen-bond donors (Lipinski definition) is 2. The van der Waals surface area contributed by atoms with Gasteiger partial charge in [-0.2, -0.15) is 0 Å². The van der Waals surface area contributed by atoms with Crippen LogP contribution in [-0.4, -0.2) is 38.3 Å². The van der Waals surface area contributed by atoms with Gasteiger partial charge in [0.1, 0.15) is 0 Å². The zero-order valence-electron chi connectivity index (χ0n) is 10.1. The van der Waals surface area contributed by atoms with Crippen LogP contribution in [0.4, 0.5) is 5.69 Å². The smallest absolute Gasteiger partial charge is 0.248 e. The van der Waals surface area contributed by atoms with Gasteiger partial charge in [0.2, 0.25) is 5.91 Å². The number of nitrogens with one attached hydrogen (secondary N) is 1. The summed E-state index contributed by atoms with van der Waals surface area (Å²) in [4.78, 5) is 11.0. The molecule has 0 aromatic heterocycles. The second-order valence-corrected chi connectivity index (χ2v) is 6.39. The van der Waals surface area contributed by atoms with Crippen molar-refractivity contribution in [1.29, 1.82) is 0 Å². The lowest BCUT2D eigenvalue weighted by Gasteiger charge is -2.07. The monoisotopic (exact) mass is 326 g/mol. The van der Waals surface area contributed by atoms with Crippen molar-refractivity contribution in [2.75, 3.05) is 29.2 Å². The number of primary amides is 1. The van der Waals surface area contributed by atoms with Crippen LogP contribution in [0.25, 0.3) is 0 Å². The molecule has 1 aromatic rings. The van der Waals surface area contributed by atoms with Crippen molar-refractivity contribution in [3.8, 4) is 0 Å². The Kier molecular flexibility index (Phi) is 7.82. The van der Waals surface area contributed by atoms with Crippen LogP contribution in [0.5, 0.6) is 0 Å². The van der Waals surface area contributed by atoms with Crippen LogP contribution in [0.15, 0.2) is 24.3 Å². The number of hydrogen-bond acceptors (Lipinski definition) is 4. The molecule has 0 aliphatic carbocycles. The van der Waals surface area contributed by atoms with Gasteiger partial charge < -0.3 is 11.1 Å². The number of nitrogens with two attached hydrogens (primary N) is 1. The summed E-state index contributed by atoms with van der Waals surface area (Å²) in [5, 5.41) is 2.92. The topological polar surface area (TPSA) is 89.3 Å². The van der Waals surface area contributed by atoms with Gasteiger partial charge >= 0.3 is 0 Å².